The summed E-state index contributed by atoms with van der Waals surface area (Å²) in [6.07, 6.45) is 2.63. The lowest BCUT2D eigenvalue weighted by Crippen LogP contribution is -2.42. The summed E-state index contributed by atoms with van der Waals surface area (Å²) < 4.78 is 0. The Labute approximate surface area is 104 Å². The molecule has 1 aromatic rings. The van der Waals surface area contributed by atoms with Gasteiger partial charge in [-0.15, -0.1) is 0 Å². The molecular weight excluding hydrogens is 208 g/mol. The summed E-state index contributed by atoms with van der Waals surface area (Å²) in [6.45, 7) is 5.53. The first-order valence-corrected chi connectivity index (χ1v) is 6.41. The lowest BCUT2D eigenvalue weighted by molar-refractivity contribution is 0.167. The molecule has 90 valence electrons. The summed E-state index contributed by atoms with van der Waals surface area (Å²) in [6, 6.07) is 10.7. The van der Waals surface area contributed by atoms with E-state index in [9.17, 15) is 0 Å². The molecule has 0 heterocycles. The quantitative estimate of drug-likeness (QED) is 0.859. The minimum absolute atomic E-state index is 0.693. The second kappa shape index (κ2) is 5.33. The summed E-state index contributed by atoms with van der Waals surface area (Å²) in [7, 11) is 0. The summed E-state index contributed by atoms with van der Waals surface area (Å²) in [4.78, 5) is 0. The van der Waals surface area contributed by atoms with Gasteiger partial charge in [0.1, 0.15) is 0 Å². The standard InChI is InChI=1S/C15H20N2/c1-11(2)14-7-15(8-14)17-10-13-5-3-12(9-16)4-6-13/h3-6,11,14-15,17H,7-8,10H2,1-2H3. The highest BCUT2D eigenvalue weighted by Crippen LogP contribution is 2.33. The molecule has 0 aromatic heterocycles. The van der Waals surface area contributed by atoms with Crippen molar-refractivity contribution in [1.82, 2.24) is 5.32 Å². The highest BCUT2D eigenvalue weighted by molar-refractivity contribution is 5.31. The number of nitrogens with zero attached hydrogens (tertiary/aromatic N) is 1. The van der Waals surface area contributed by atoms with Crippen molar-refractivity contribution in [3.05, 3.63) is 35.4 Å². The SMILES string of the molecule is CC(C)C1CC(NCc2ccc(C#N)cc2)C1. The zero-order valence-electron chi connectivity index (χ0n) is 10.6. The highest BCUT2D eigenvalue weighted by atomic mass is 14.9. The van der Waals surface area contributed by atoms with E-state index in [2.05, 4.69) is 25.2 Å². The first-order chi connectivity index (χ1) is 8.19. The van der Waals surface area contributed by atoms with Crippen LogP contribution in [0, 0.1) is 23.2 Å². The molecule has 0 unspecified atom stereocenters. The first-order valence-electron chi connectivity index (χ1n) is 6.41. The van der Waals surface area contributed by atoms with Crippen molar-refractivity contribution >= 4 is 0 Å². The van der Waals surface area contributed by atoms with Gasteiger partial charge in [0.25, 0.3) is 0 Å². The van der Waals surface area contributed by atoms with E-state index in [4.69, 9.17) is 5.26 Å². The number of hydrogen-bond donors (Lipinski definition) is 1. The van der Waals surface area contributed by atoms with Crippen molar-refractivity contribution in [3.8, 4) is 6.07 Å². The first kappa shape index (κ1) is 12.1. The molecule has 1 aliphatic rings. The van der Waals surface area contributed by atoms with Crippen LogP contribution in [0.25, 0.3) is 0 Å². The topological polar surface area (TPSA) is 35.8 Å². The molecule has 2 heteroatoms. The van der Waals surface area contributed by atoms with Crippen LogP contribution in [-0.2, 0) is 6.54 Å². The molecule has 1 fully saturated rings. The smallest absolute Gasteiger partial charge is 0.0991 e. The Balaban J connectivity index is 1.74. The Hall–Kier alpha value is -1.33. The molecule has 1 aromatic carbocycles. The summed E-state index contributed by atoms with van der Waals surface area (Å²) in [5.74, 6) is 1.73. The van der Waals surface area contributed by atoms with Crippen LogP contribution in [0.15, 0.2) is 24.3 Å². The Morgan fingerprint density at radius 2 is 1.94 bits per heavy atom. The normalized spacial score (nSPS) is 23.2. The maximum Gasteiger partial charge on any atom is 0.0991 e. The van der Waals surface area contributed by atoms with Gasteiger partial charge in [0.15, 0.2) is 0 Å². The van der Waals surface area contributed by atoms with Crippen molar-refractivity contribution < 1.29 is 0 Å². The van der Waals surface area contributed by atoms with Crippen LogP contribution in [0.1, 0.15) is 37.8 Å². The van der Waals surface area contributed by atoms with Gasteiger partial charge in [0.05, 0.1) is 11.6 Å². The molecule has 0 bridgehead atoms. The summed E-state index contributed by atoms with van der Waals surface area (Å²) in [5.41, 5.74) is 1.99. The van der Waals surface area contributed by atoms with Gasteiger partial charge in [0, 0.05) is 12.6 Å². The molecule has 2 rings (SSSR count). The van der Waals surface area contributed by atoms with E-state index in [0.29, 0.717) is 6.04 Å². The minimum Gasteiger partial charge on any atom is -0.310 e. The van der Waals surface area contributed by atoms with E-state index in [1.807, 2.05) is 24.3 Å². The van der Waals surface area contributed by atoms with Crippen molar-refractivity contribution in [2.24, 2.45) is 11.8 Å². The molecule has 1 N–H and O–H groups in total. The molecule has 0 atom stereocenters. The number of nitrogens with one attached hydrogen (secondary N) is 1. The Bertz CT molecular complexity index is 394. The molecule has 17 heavy (non-hydrogen) atoms. The Kier molecular flexibility index (Phi) is 3.81. The minimum atomic E-state index is 0.693. The van der Waals surface area contributed by atoms with Gasteiger partial charge >= 0.3 is 0 Å². The zero-order chi connectivity index (χ0) is 12.3. The zero-order valence-corrected chi connectivity index (χ0v) is 10.6. The molecule has 0 spiro atoms. The molecule has 0 radical (unpaired) electrons. The Morgan fingerprint density at radius 3 is 2.47 bits per heavy atom. The van der Waals surface area contributed by atoms with Crippen molar-refractivity contribution in [2.75, 3.05) is 0 Å². The molecule has 1 aliphatic carbocycles. The second-order valence-electron chi connectivity index (χ2n) is 5.36. The Morgan fingerprint density at radius 1 is 1.29 bits per heavy atom. The molecular formula is C15H20N2. The third kappa shape index (κ3) is 3.08. The van der Waals surface area contributed by atoms with Crippen molar-refractivity contribution in [3.63, 3.8) is 0 Å². The number of nitriles is 1. The van der Waals surface area contributed by atoms with E-state index >= 15 is 0 Å². The van der Waals surface area contributed by atoms with Crippen molar-refractivity contribution in [2.45, 2.75) is 39.3 Å². The maximum absolute atomic E-state index is 8.71. The average molecular weight is 228 g/mol. The van der Waals surface area contributed by atoms with Crippen LogP contribution in [0.5, 0.6) is 0 Å². The van der Waals surface area contributed by atoms with Crippen molar-refractivity contribution in [1.29, 1.82) is 5.26 Å². The van der Waals surface area contributed by atoms with Gasteiger partial charge in [-0.1, -0.05) is 26.0 Å². The van der Waals surface area contributed by atoms with Gasteiger partial charge in [-0.05, 0) is 42.4 Å². The fraction of sp³-hybridized carbons (Fsp3) is 0.533. The summed E-state index contributed by atoms with van der Waals surface area (Å²) >= 11 is 0. The molecule has 0 amide bonds. The van der Waals surface area contributed by atoms with E-state index in [0.717, 1.165) is 23.9 Å². The molecule has 0 saturated heterocycles. The average Bonchev–Trinajstić information content (AvgIpc) is 2.27. The lowest BCUT2D eigenvalue weighted by Gasteiger charge is -2.38. The number of hydrogen-bond acceptors (Lipinski definition) is 2. The van der Waals surface area contributed by atoms with Crippen LogP contribution in [0.2, 0.25) is 0 Å². The molecule has 1 saturated carbocycles. The van der Waals surface area contributed by atoms with Crippen LogP contribution >= 0.6 is 0 Å². The van der Waals surface area contributed by atoms with E-state index < -0.39 is 0 Å². The van der Waals surface area contributed by atoms with E-state index in [-0.39, 0.29) is 0 Å². The third-order valence-electron chi connectivity index (χ3n) is 3.80. The van der Waals surface area contributed by atoms with Crippen LogP contribution in [0.4, 0.5) is 0 Å². The van der Waals surface area contributed by atoms with Crippen LogP contribution in [-0.4, -0.2) is 6.04 Å². The predicted molar refractivity (Wildman–Crippen MR) is 69.3 cm³/mol. The van der Waals surface area contributed by atoms with Gasteiger partial charge in [-0.2, -0.15) is 5.26 Å². The fourth-order valence-corrected chi connectivity index (χ4v) is 2.33. The number of benzene rings is 1. The fourth-order valence-electron chi connectivity index (χ4n) is 2.33. The lowest BCUT2D eigenvalue weighted by atomic mass is 9.73. The molecule has 0 aliphatic heterocycles. The number of rotatable bonds is 4. The summed E-state index contributed by atoms with van der Waals surface area (Å²) in [5, 5.41) is 12.3. The van der Waals surface area contributed by atoms with Gasteiger partial charge in [-0.3, -0.25) is 0 Å². The van der Waals surface area contributed by atoms with E-state index in [1.165, 1.54) is 18.4 Å². The van der Waals surface area contributed by atoms with Gasteiger partial charge in [0.2, 0.25) is 0 Å². The molecule has 2 nitrogen and oxygen atoms in total. The highest BCUT2D eigenvalue weighted by Gasteiger charge is 2.30. The predicted octanol–water partition coefficient (Wildman–Crippen LogP) is 3.08. The van der Waals surface area contributed by atoms with Gasteiger partial charge < -0.3 is 5.32 Å². The third-order valence-corrected chi connectivity index (χ3v) is 3.80. The largest absolute Gasteiger partial charge is 0.310 e. The monoisotopic (exact) mass is 228 g/mol. The van der Waals surface area contributed by atoms with E-state index in [1.54, 1.807) is 0 Å². The van der Waals surface area contributed by atoms with Crippen LogP contribution < -0.4 is 5.32 Å². The second-order valence-corrected chi connectivity index (χ2v) is 5.36. The van der Waals surface area contributed by atoms with Gasteiger partial charge in [-0.25, -0.2) is 0 Å². The van der Waals surface area contributed by atoms with Crippen LogP contribution in [0.3, 0.4) is 0 Å². The maximum atomic E-state index is 8.71.